The summed E-state index contributed by atoms with van der Waals surface area (Å²) < 4.78 is 18.2. The third-order valence-electron chi connectivity index (χ3n) is 2.96. The molecule has 1 aliphatic carbocycles. The largest absolute Gasteiger partial charge is 0.493 e. The summed E-state index contributed by atoms with van der Waals surface area (Å²) in [6, 6.07) is 7.13. The second-order valence-electron chi connectivity index (χ2n) is 4.51. The Balaban J connectivity index is 1.53. The minimum Gasteiger partial charge on any atom is -0.493 e. The molecule has 1 aromatic carbocycles. The molecule has 16 heavy (non-hydrogen) atoms. The monoisotopic (exact) mass is 221 g/mol. The van der Waals surface area contributed by atoms with Crippen LogP contribution in [0, 0.1) is 17.8 Å². The molecule has 0 atom stereocenters. The first-order valence-corrected chi connectivity index (χ1v) is 6.14. The molecule has 0 saturated heterocycles. The molecule has 0 heterocycles. The second-order valence-corrected chi connectivity index (χ2v) is 4.51. The number of hydrogen-bond acceptors (Lipinski definition) is 1. The highest BCUT2D eigenvalue weighted by atomic mass is 19.1. The summed E-state index contributed by atoms with van der Waals surface area (Å²) in [7, 11) is 0. The summed E-state index contributed by atoms with van der Waals surface area (Å²) in [5, 5.41) is 0. The lowest BCUT2D eigenvalue weighted by molar-refractivity contribution is 0.302. The van der Waals surface area contributed by atoms with E-state index in [2.05, 4.69) is 6.07 Å². The van der Waals surface area contributed by atoms with Gasteiger partial charge in [-0.05, 0) is 24.5 Å². The van der Waals surface area contributed by atoms with Gasteiger partial charge in [-0.3, -0.25) is 0 Å². The molecule has 0 unspecified atom stereocenters. The van der Waals surface area contributed by atoms with Crippen molar-refractivity contribution in [3.05, 3.63) is 30.1 Å². The first kappa shape index (κ1) is 11.4. The standard InChI is InChI=1S/C14H18FO/c15-13-6-4-7-14(11-13)16-10-3-1-2-5-12-8-9-12/h4,7,11-12H,1-3,5,8-10H2. The fourth-order valence-corrected chi connectivity index (χ4v) is 1.82. The molecule has 2 heteroatoms. The van der Waals surface area contributed by atoms with Crippen LogP contribution in [0.15, 0.2) is 18.2 Å². The van der Waals surface area contributed by atoms with Crippen molar-refractivity contribution in [3.8, 4) is 5.75 Å². The molecule has 1 aromatic rings. The van der Waals surface area contributed by atoms with Crippen LogP contribution in [0.2, 0.25) is 0 Å². The van der Waals surface area contributed by atoms with E-state index in [1.165, 1.54) is 38.2 Å². The third kappa shape index (κ3) is 4.21. The van der Waals surface area contributed by atoms with E-state index in [1.54, 1.807) is 12.1 Å². The van der Waals surface area contributed by atoms with Gasteiger partial charge in [-0.1, -0.05) is 32.1 Å². The fourth-order valence-electron chi connectivity index (χ4n) is 1.82. The van der Waals surface area contributed by atoms with Crippen LogP contribution in [-0.4, -0.2) is 6.61 Å². The zero-order valence-corrected chi connectivity index (χ0v) is 9.55. The van der Waals surface area contributed by atoms with Gasteiger partial charge >= 0.3 is 0 Å². The molecule has 1 fully saturated rings. The van der Waals surface area contributed by atoms with Crippen molar-refractivity contribution in [1.82, 2.24) is 0 Å². The zero-order chi connectivity index (χ0) is 11.2. The number of benzene rings is 1. The van der Waals surface area contributed by atoms with E-state index < -0.39 is 0 Å². The van der Waals surface area contributed by atoms with Crippen LogP contribution in [0.4, 0.5) is 4.39 Å². The molecule has 1 saturated carbocycles. The van der Waals surface area contributed by atoms with Crippen LogP contribution < -0.4 is 4.74 Å². The number of halogens is 1. The average molecular weight is 221 g/mol. The Morgan fingerprint density at radius 2 is 2.19 bits per heavy atom. The second kappa shape index (κ2) is 5.88. The first-order chi connectivity index (χ1) is 7.84. The van der Waals surface area contributed by atoms with Crippen LogP contribution in [-0.2, 0) is 0 Å². The van der Waals surface area contributed by atoms with Gasteiger partial charge in [-0.15, -0.1) is 0 Å². The topological polar surface area (TPSA) is 9.23 Å². The molecule has 1 nitrogen and oxygen atoms in total. The zero-order valence-electron chi connectivity index (χ0n) is 9.55. The Kier molecular flexibility index (Phi) is 4.20. The summed E-state index contributed by atoms with van der Waals surface area (Å²) in [6.45, 7) is 0.689. The van der Waals surface area contributed by atoms with Crippen molar-refractivity contribution in [2.45, 2.75) is 38.5 Å². The van der Waals surface area contributed by atoms with Gasteiger partial charge in [0.15, 0.2) is 0 Å². The summed E-state index contributed by atoms with van der Waals surface area (Å²) in [4.78, 5) is 0. The smallest absolute Gasteiger partial charge is 0.134 e. The molecule has 0 bridgehead atoms. The summed E-state index contributed by atoms with van der Waals surface area (Å²) in [5.74, 6) is 1.28. The maximum absolute atomic E-state index is 12.8. The molecule has 0 aliphatic heterocycles. The predicted molar refractivity (Wildman–Crippen MR) is 61.9 cm³/mol. The van der Waals surface area contributed by atoms with E-state index in [0.717, 1.165) is 12.3 Å². The molecule has 2 rings (SSSR count). The lowest BCUT2D eigenvalue weighted by Gasteiger charge is -2.05. The number of rotatable bonds is 7. The van der Waals surface area contributed by atoms with Crippen molar-refractivity contribution in [2.24, 2.45) is 5.92 Å². The van der Waals surface area contributed by atoms with Gasteiger partial charge in [0, 0.05) is 12.1 Å². The van der Waals surface area contributed by atoms with Crippen LogP contribution in [0.5, 0.6) is 5.75 Å². The number of hydrogen-bond donors (Lipinski definition) is 0. The van der Waals surface area contributed by atoms with Gasteiger partial charge < -0.3 is 4.74 Å². The van der Waals surface area contributed by atoms with Gasteiger partial charge in [0.2, 0.25) is 0 Å². The van der Waals surface area contributed by atoms with Gasteiger partial charge in [0.05, 0.1) is 6.61 Å². The molecule has 87 valence electrons. The van der Waals surface area contributed by atoms with Crippen molar-refractivity contribution in [2.75, 3.05) is 6.61 Å². The SMILES string of the molecule is Fc1[c]ccc(OCCCCCC2CC2)c1. The molecule has 1 aliphatic rings. The Hall–Kier alpha value is -1.05. The third-order valence-corrected chi connectivity index (χ3v) is 2.96. The molecule has 0 aromatic heterocycles. The van der Waals surface area contributed by atoms with E-state index >= 15 is 0 Å². The first-order valence-electron chi connectivity index (χ1n) is 6.14. The lowest BCUT2D eigenvalue weighted by atomic mass is 10.1. The van der Waals surface area contributed by atoms with Crippen LogP contribution in [0.25, 0.3) is 0 Å². The molecular weight excluding hydrogens is 203 g/mol. The molecule has 0 spiro atoms. The predicted octanol–water partition coefficient (Wildman–Crippen LogP) is 3.98. The summed E-state index contributed by atoms with van der Waals surface area (Å²) >= 11 is 0. The number of ether oxygens (including phenoxy) is 1. The van der Waals surface area contributed by atoms with E-state index in [-0.39, 0.29) is 5.82 Å². The Morgan fingerprint density at radius 1 is 1.31 bits per heavy atom. The highest BCUT2D eigenvalue weighted by molar-refractivity contribution is 5.21. The van der Waals surface area contributed by atoms with Gasteiger partial charge in [-0.25, -0.2) is 4.39 Å². The van der Waals surface area contributed by atoms with Crippen molar-refractivity contribution in [1.29, 1.82) is 0 Å². The van der Waals surface area contributed by atoms with Gasteiger partial charge in [0.1, 0.15) is 11.6 Å². The summed E-state index contributed by atoms with van der Waals surface area (Å²) in [6.07, 6.45) is 7.86. The van der Waals surface area contributed by atoms with Gasteiger partial charge in [0.25, 0.3) is 0 Å². The lowest BCUT2D eigenvalue weighted by Crippen LogP contribution is -1.97. The quantitative estimate of drug-likeness (QED) is 0.633. The highest BCUT2D eigenvalue weighted by Gasteiger charge is 2.19. The van der Waals surface area contributed by atoms with Crippen LogP contribution in [0.1, 0.15) is 38.5 Å². The van der Waals surface area contributed by atoms with E-state index in [4.69, 9.17) is 4.74 Å². The minimum atomic E-state index is -0.355. The number of unbranched alkanes of at least 4 members (excludes halogenated alkanes) is 2. The van der Waals surface area contributed by atoms with Crippen LogP contribution >= 0.6 is 0 Å². The molecule has 0 N–H and O–H groups in total. The molecule has 0 amide bonds. The minimum absolute atomic E-state index is 0.355. The average Bonchev–Trinajstić information content (AvgIpc) is 3.07. The van der Waals surface area contributed by atoms with Gasteiger partial charge in [-0.2, -0.15) is 0 Å². The Bertz CT molecular complexity index is 320. The summed E-state index contributed by atoms with van der Waals surface area (Å²) in [5.41, 5.74) is 0. The maximum atomic E-state index is 12.8. The van der Waals surface area contributed by atoms with Crippen molar-refractivity contribution >= 4 is 0 Å². The van der Waals surface area contributed by atoms with Crippen molar-refractivity contribution in [3.63, 3.8) is 0 Å². The molecule has 1 radical (unpaired) electrons. The molecular formula is C14H18FO. The van der Waals surface area contributed by atoms with Crippen LogP contribution in [0.3, 0.4) is 0 Å². The van der Waals surface area contributed by atoms with E-state index in [9.17, 15) is 4.39 Å². The highest BCUT2D eigenvalue weighted by Crippen LogP contribution is 2.33. The Morgan fingerprint density at radius 3 is 2.94 bits per heavy atom. The van der Waals surface area contributed by atoms with Crippen molar-refractivity contribution < 1.29 is 9.13 Å². The fraction of sp³-hybridized carbons (Fsp3) is 0.571. The normalized spacial score (nSPS) is 15.1. The Labute approximate surface area is 96.6 Å². The maximum Gasteiger partial charge on any atom is 0.134 e. The van der Waals surface area contributed by atoms with E-state index in [0.29, 0.717) is 12.4 Å². The van der Waals surface area contributed by atoms with E-state index in [1.807, 2.05) is 0 Å².